The summed E-state index contributed by atoms with van der Waals surface area (Å²) in [7, 11) is 1.34. The minimum absolute atomic E-state index is 0.0177. The van der Waals surface area contributed by atoms with Gasteiger partial charge >= 0.3 is 5.69 Å². The highest BCUT2D eigenvalue weighted by Crippen LogP contribution is 2.33. The third-order valence-electron chi connectivity index (χ3n) is 5.60. The van der Waals surface area contributed by atoms with E-state index in [1.54, 1.807) is 23.1 Å². The number of carbonyl (C=O) groups excluding carboxylic acids is 2. The standard InChI is InChI=1S/C22H22N2O7/c1-29-18-4-3-16(12-17(18)24(27)28)22(26)23-8-6-14(7-9-23)21(25)15-2-5-19-20(13-15)31-11-10-30-19/h2-5,12-14H,6-11H2,1H3. The molecule has 0 aromatic heterocycles. The number of fused-ring (bicyclic) bond motifs is 1. The fourth-order valence-corrected chi connectivity index (χ4v) is 3.93. The first-order chi connectivity index (χ1) is 15.0. The van der Waals surface area contributed by atoms with Crippen LogP contribution < -0.4 is 14.2 Å². The molecule has 9 heteroatoms. The molecule has 2 heterocycles. The lowest BCUT2D eigenvalue weighted by Crippen LogP contribution is -2.40. The van der Waals surface area contributed by atoms with Gasteiger partial charge in [-0.1, -0.05) is 0 Å². The Labute approximate surface area is 178 Å². The van der Waals surface area contributed by atoms with Gasteiger partial charge in [0, 0.05) is 36.2 Å². The van der Waals surface area contributed by atoms with Crippen LogP contribution in [0.4, 0.5) is 5.69 Å². The molecule has 0 atom stereocenters. The van der Waals surface area contributed by atoms with Crippen molar-refractivity contribution in [3.05, 3.63) is 57.6 Å². The average molecular weight is 426 g/mol. The monoisotopic (exact) mass is 426 g/mol. The third kappa shape index (κ3) is 4.16. The van der Waals surface area contributed by atoms with Gasteiger partial charge < -0.3 is 19.1 Å². The van der Waals surface area contributed by atoms with Crippen LogP contribution in [0.5, 0.6) is 17.2 Å². The molecule has 2 aromatic rings. The van der Waals surface area contributed by atoms with Gasteiger partial charge in [0.25, 0.3) is 5.91 Å². The Kier molecular flexibility index (Phi) is 5.75. The number of nitrogens with zero attached hydrogens (tertiary/aromatic N) is 2. The van der Waals surface area contributed by atoms with E-state index in [1.807, 2.05) is 0 Å². The van der Waals surface area contributed by atoms with Crippen molar-refractivity contribution in [1.82, 2.24) is 4.90 Å². The van der Waals surface area contributed by atoms with E-state index in [4.69, 9.17) is 14.2 Å². The normalized spacial score (nSPS) is 16.0. The minimum atomic E-state index is -0.576. The molecule has 1 fully saturated rings. The molecule has 0 N–H and O–H groups in total. The number of piperidine rings is 1. The first kappa shape index (κ1) is 20.6. The number of rotatable bonds is 5. The van der Waals surface area contributed by atoms with E-state index < -0.39 is 4.92 Å². The number of amides is 1. The quantitative estimate of drug-likeness (QED) is 0.411. The minimum Gasteiger partial charge on any atom is -0.490 e. The largest absolute Gasteiger partial charge is 0.490 e. The molecule has 1 saturated heterocycles. The van der Waals surface area contributed by atoms with Crippen LogP contribution in [0.1, 0.15) is 33.6 Å². The summed E-state index contributed by atoms with van der Waals surface area (Å²) >= 11 is 0. The summed E-state index contributed by atoms with van der Waals surface area (Å²) in [6.07, 6.45) is 1.05. The van der Waals surface area contributed by atoms with E-state index in [-0.39, 0.29) is 34.6 Å². The molecule has 2 aliphatic rings. The van der Waals surface area contributed by atoms with E-state index in [9.17, 15) is 19.7 Å². The van der Waals surface area contributed by atoms with Gasteiger partial charge in [-0.2, -0.15) is 0 Å². The number of carbonyl (C=O) groups is 2. The molecule has 4 rings (SSSR count). The van der Waals surface area contributed by atoms with Crippen LogP contribution in [0.2, 0.25) is 0 Å². The molecule has 0 bridgehead atoms. The van der Waals surface area contributed by atoms with Crippen molar-refractivity contribution in [3.8, 4) is 17.2 Å². The zero-order valence-corrected chi connectivity index (χ0v) is 17.0. The molecule has 0 radical (unpaired) electrons. The van der Waals surface area contributed by atoms with Gasteiger partial charge in [-0.15, -0.1) is 0 Å². The van der Waals surface area contributed by atoms with Crippen LogP contribution in [0, 0.1) is 16.0 Å². The van der Waals surface area contributed by atoms with Crippen molar-refractivity contribution < 1.29 is 28.7 Å². The highest BCUT2D eigenvalue weighted by Gasteiger charge is 2.30. The Morgan fingerprint density at radius 2 is 1.71 bits per heavy atom. The topological polar surface area (TPSA) is 108 Å². The van der Waals surface area contributed by atoms with Crippen molar-refractivity contribution in [1.29, 1.82) is 0 Å². The van der Waals surface area contributed by atoms with Gasteiger partial charge in [-0.3, -0.25) is 19.7 Å². The number of ether oxygens (including phenoxy) is 3. The first-order valence-corrected chi connectivity index (χ1v) is 10.0. The summed E-state index contributed by atoms with van der Waals surface area (Å²) in [6.45, 7) is 1.75. The number of Topliss-reactive ketones (excluding diaryl/α,β-unsaturated/α-hetero) is 1. The summed E-state index contributed by atoms with van der Waals surface area (Å²) in [5, 5.41) is 11.2. The number of nitro groups is 1. The van der Waals surface area contributed by atoms with Gasteiger partial charge in [0.1, 0.15) is 13.2 Å². The first-order valence-electron chi connectivity index (χ1n) is 10.0. The van der Waals surface area contributed by atoms with Gasteiger partial charge in [-0.25, -0.2) is 0 Å². The van der Waals surface area contributed by atoms with Crippen molar-refractivity contribution in [2.24, 2.45) is 5.92 Å². The molecule has 0 spiro atoms. The molecule has 162 valence electrons. The Morgan fingerprint density at radius 1 is 1.03 bits per heavy atom. The van der Waals surface area contributed by atoms with Crippen LogP contribution in [-0.4, -0.2) is 54.9 Å². The van der Waals surface area contributed by atoms with E-state index >= 15 is 0 Å². The van der Waals surface area contributed by atoms with Gasteiger partial charge in [0.2, 0.25) is 0 Å². The zero-order chi connectivity index (χ0) is 22.0. The van der Waals surface area contributed by atoms with Crippen molar-refractivity contribution >= 4 is 17.4 Å². The van der Waals surface area contributed by atoms with Crippen molar-refractivity contribution in [2.45, 2.75) is 12.8 Å². The number of hydrogen-bond donors (Lipinski definition) is 0. The Bertz CT molecular complexity index is 1030. The fourth-order valence-electron chi connectivity index (χ4n) is 3.93. The molecule has 2 aliphatic heterocycles. The highest BCUT2D eigenvalue weighted by atomic mass is 16.6. The van der Waals surface area contributed by atoms with E-state index in [0.29, 0.717) is 56.2 Å². The third-order valence-corrected chi connectivity index (χ3v) is 5.60. The van der Waals surface area contributed by atoms with E-state index in [1.165, 1.54) is 25.3 Å². The number of nitro benzene ring substituents is 1. The second-order valence-corrected chi connectivity index (χ2v) is 7.43. The van der Waals surface area contributed by atoms with Gasteiger partial charge in [0.15, 0.2) is 23.0 Å². The molecule has 1 amide bonds. The van der Waals surface area contributed by atoms with Crippen LogP contribution in [0.15, 0.2) is 36.4 Å². The van der Waals surface area contributed by atoms with E-state index in [0.717, 1.165) is 0 Å². The molecule has 0 aliphatic carbocycles. The average Bonchev–Trinajstić information content (AvgIpc) is 2.82. The number of likely N-dealkylation sites (tertiary alicyclic amines) is 1. The maximum Gasteiger partial charge on any atom is 0.311 e. The molecule has 0 saturated carbocycles. The van der Waals surface area contributed by atoms with Crippen molar-refractivity contribution in [2.75, 3.05) is 33.4 Å². The molecular formula is C22H22N2O7. The Morgan fingerprint density at radius 3 is 2.39 bits per heavy atom. The number of benzene rings is 2. The van der Waals surface area contributed by atoms with Gasteiger partial charge in [-0.05, 0) is 43.2 Å². The molecule has 2 aromatic carbocycles. The molecule has 0 unspecified atom stereocenters. The van der Waals surface area contributed by atoms with Crippen LogP contribution in [-0.2, 0) is 0 Å². The Balaban J connectivity index is 1.41. The predicted molar refractivity (Wildman–Crippen MR) is 110 cm³/mol. The van der Waals surface area contributed by atoms with Crippen LogP contribution in [0.3, 0.4) is 0 Å². The lowest BCUT2D eigenvalue weighted by Gasteiger charge is -2.31. The second kappa shape index (κ2) is 8.63. The summed E-state index contributed by atoms with van der Waals surface area (Å²) in [4.78, 5) is 38.0. The summed E-state index contributed by atoms with van der Waals surface area (Å²) in [5.41, 5.74) is 0.543. The summed E-state index contributed by atoms with van der Waals surface area (Å²) < 4.78 is 16.0. The maximum atomic E-state index is 12.9. The zero-order valence-electron chi connectivity index (χ0n) is 17.0. The summed E-state index contributed by atoms with van der Waals surface area (Å²) in [5.74, 6) is 0.838. The number of methoxy groups -OCH3 is 1. The molecule has 31 heavy (non-hydrogen) atoms. The lowest BCUT2D eigenvalue weighted by molar-refractivity contribution is -0.385. The smallest absolute Gasteiger partial charge is 0.311 e. The van der Waals surface area contributed by atoms with E-state index in [2.05, 4.69) is 0 Å². The maximum absolute atomic E-state index is 12.9. The van der Waals surface area contributed by atoms with Crippen molar-refractivity contribution in [3.63, 3.8) is 0 Å². The molecular weight excluding hydrogens is 404 g/mol. The predicted octanol–water partition coefficient (Wildman–Crippen LogP) is 3.11. The molecule has 9 nitrogen and oxygen atoms in total. The van der Waals surface area contributed by atoms with Crippen LogP contribution >= 0.6 is 0 Å². The second-order valence-electron chi connectivity index (χ2n) is 7.43. The van der Waals surface area contributed by atoms with Gasteiger partial charge in [0.05, 0.1) is 12.0 Å². The lowest BCUT2D eigenvalue weighted by atomic mass is 9.88. The SMILES string of the molecule is COc1ccc(C(=O)N2CCC(C(=O)c3ccc4c(c3)OCCO4)CC2)cc1[N+](=O)[O-]. The number of hydrogen-bond acceptors (Lipinski definition) is 7. The highest BCUT2D eigenvalue weighted by molar-refractivity contribution is 5.99. The van der Waals surface area contributed by atoms with Crippen LogP contribution in [0.25, 0.3) is 0 Å². The summed E-state index contributed by atoms with van der Waals surface area (Å²) in [6, 6.07) is 9.36. The Hall–Kier alpha value is -3.62. The fraction of sp³-hybridized carbons (Fsp3) is 0.364. The number of ketones is 1.